The van der Waals surface area contributed by atoms with Gasteiger partial charge in [-0.3, -0.25) is 9.59 Å². The van der Waals surface area contributed by atoms with E-state index in [-0.39, 0.29) is 31.0 Å². The third kappa shape index (κ3) is 8.13. The van der Waals surface area contributed by atoms with Gasteiger partial charge in [-0.25, -0.2) is 0 Å². The highest BCUT2D eigenvalue weighted by atomic mass is 35.5. The summed E-state index contributed by atoms with van der Waals surface area (Å²) in [6, 6.07) is 21.0. The SMILES string of the molecule is O=C(NC1CCCCC1)[C@H](Cc1ccccc1)N(Cc1ccc(Cl)cc1Cl)C(=O)COc1cccc(Cl)c1. The average Bonchev–Trinajstić information content (AvgIpc) is 2.91. The van der Waals surface area contributed by atoms with Crippen LogP contribution in [0.1, 0.15) is 43.2 Å². The van der Waals surface area contributed by atoms with E-state index in [9.17, 15) is 9.59 Å². The summed E-state index contributed by atoms with van der Waals surface area (Å²) >= 11 is 18.7. The molecule has 1 aliphatic carbocycles. The number of hydrogen-bond acceptors (Lipinski definition) is 3. The highest BCUT2D eigenvalue weighted by molar-refractivity contribution is 6.35. The molecule has 0 bridgehead atoms. The average molecular weight is 574 g/mol. The number of carbonyl (C=O) groups excluding carboxylic acids is 2. The first-order chi connectivity index (χ1) is 18.4. The van der Waals surface area contributed by atoms with Crippen molar-refractivity contribution in [3.8, 4) is 5.75 Å². The molecule has 38 heavy (non-hydrogen) atoms. The molecule has 0 radical (unpaired) electrons. The summed E-state index contributed by atoms with van der Waals surface area (Å²) in [5, 5.41) is 4.65. The zero-order valence-corrected chi connectivity index (χ0v) is 23.3. The van der Waals surface area contributed by atoms with E-state index < -0.39 is 6.04 Å². The molecule has 3 aromatic carbocycles. The van der Waals surface area contributed by atoms with Crippen LogP contribution in [-0.2, 0) is 22.6 Å². The number of ether oxygens (including phenoxy) is 1. The van der Waals surface area contributed by atoms with Gasteiger partial charge in [-0.05, 0) is 54.3 Å². The Labute approximate surface area is 239 Å². The Morgan fingerprint density at radius 2 is 1.63 bits per heavy atom. The molecule has 0 heterocycles. The fourth-order valence-corrected chi connectivity index (χ4v) is 5.36. The molecular formula is C30H31Cl3N2O3. The van der Waals surface area contributed by atoms with Crippen LogP contribution in [0.2, 0.25) is 15.1 Å². The molecule has 3 aromatic rings. The van der Waals surface area contributed by atoms with E-state index in [4.69, 9.17) is 39.5 Å². The van der Waals surface area contributed by atoms with Gasteiger partial charge < -0.3 is 15.0 Å². The second kappa shape index (κ2) is 13.9. The Morgan fingerprint density at radius 1 is 0.895 bits per heavy atom. The van der Waals surface area contributed by atoms with E-state index in [1.54, 1.807) is 47.4 Å². The van der Waals surface area contributed by atoms with Gasteiger partial charge in [-0.2, -0.15) is 0 Å². The molecule has 1 saturated carbocycles. The fraction of sp³-hybridized carbons (Fsp3) is 0.333. The van der Waals surface area contributed by atoms with E-state index in [1.165, 1.54) is 6.42 Å². The van der Waals surface area contributed by atoms with Gasteiger partial charge in [0.25, 0.3) is 5.91 Å². The van der Waals surface area contributed by atoms with Crippen LogP contribution in [0.25, 0.3) is 0 Å². The molecule has 5 nitrogen and oxygen atoms in total. The maximum absolute atomic E-state index is 13.8. The van der Waals surface area contributed by atoms with Gasteiger partial charge in [0.15, 0.2) is 6.61 Å². The van der Waals surface area contributed by atoms with Crippen molar-refractivity contribution >= 4 is 46.6 Å². The van der Waals surface area contributed by atoms with Crippen molar-refractivity contribution in [2.75, 3.05) is 6.61 Å². The predicted octanol–water partition coefficient (Wildman–Crippen LogP) is 7.11. The molecule has 0 aliphatic heterocycles. The summed E-state index contributed by atoms with van der Waals surface area (Å²) < 4.78 is 5.79. The molecule has 1 atom stereocenters. The standard InChI is InChI=1S/C30H31Cl3N2O3/c31-23-10-7-13-26(17-23)38-20-29(36)35(19-22-14-15-24(32)18-27(22)33)28(16-21-8-3-1-4-9-21)30(37)34-25-11-5-2-6-12-25/h1,3-4,7-10,13-15,17-18,25,28H,2,5-6,11-12,16,19-20H2,(H,34,37)/t28-/m0/s1. The molecule has 4 rings (SSSR count). The molecule has 0 saturated heterocycles. The number of halogens is 3. The summed E-state index contributed by atoms with van der Waals surface area (Å²) in [4.78, 5) is 29.1. The van der Waals surface area contributed by atoms with E-state index in [0.29, 0.717) is 32.8 Å². The first-order valence-electron chi connectivity index (χ1n) is 12.8. The molecule has 0 unspecified atom stereocenters. The zero-order valence-electron chi connectivity index (χ0n) is 21.0. The van der Waals surface area contributed by atoms with Crippen LogP contribution in [0, 0.1) is 0 Å². The molecule has 1 aliphatic rings. The van der Waals surface area contributed by atoms with Crippen LogP contribution in [0.15, 0.2) is 72.8 Å². The number of amides is 2. The molecule has 1 N–H and O–H groups in total. The van der Waals surface area contributed by atoms with E-state index in [0.717, 1.165) is 31.2 Å². The van der Waals surface area contributed by atoms with Crippen molar-refractivity contribution in [1.29, 1.82) is 0 Å². The monoisotopic (exact) mass is 572 g/mol. The summed E-state index contributed by atoms with van der Waals surface area (Å²) in [5.41, 5.74) is 1.64. The lowest BCUT2D eigenvalue weighted by Gasteiger charge is -2.33. The van der Waals surface area contributed by atoms with Crippen molar-refractivity contribution in [3.63, 3.8) is 0 Å². The lowest BCUT2D eigenvalue weighted by molar-refractivity contribution is -0.143. The van der Waals surface area contributed by atoms with Crippen molar-refractivity contribution in [2.45, 2.75) is 57.2 Å². The Balaban J connectivity index is 1.63. The van der Waals surface area contributed by atoms with Crippen LogP contribution >= 0.6 is 34.8 Å². The highest BCUT2D eigenvalue weighted by Crippen LogP contribution is 2.25. The van der Waals surface area contributed by atoms with E-state index in [2.05, 4.69) is 5.32 Å². The third-order valence-corrected chi connectivity index (χ3v) is 7.56. The van der Waals surface area contributed by atoms with E-state index >= 15 is 0 Å². The van der Waals surface area contributed by atoms with Gasteiger partial charge in [-0.15, -0.1) is 0 Å². The van der Waals surface area contributed by atoms with E-state index in [1.807, 2.05) is 30.3 Å². The summed E-state index contributed by atoms with van der Waals surface area (Å²) in [5.74, 6) is -0.0424. The van der Waals surface area contributed by atoms with Gasteiger partial charge in [0.2, 0.25) is 5.91 Å². The minimum Gasteiger partial charge on any atom is -0.484 e. The largest absolute Gasteiger partial charge is 0.484 e. The molecule has 0 aromatic heterocycles. The lowest BCUT2D eigenvalue weighted by atomic mass is 9.94. The first kappa shape index (κ1) is 28.3. The predicted molar refractivity (Wildman–Crippen MR) is 153 cm³/mol. The van der Waals surface area contributed by atoms with Crippen molar-refractivity contribution in [3.05, 3.63) is 99.0 Å². The Morgan fingerprint density at radius 3 is 2.34 bits per heavy atom. The molecular weight excluding hydrogens is 543 g/mol. The second-order valence-corrected chi connectivity index (χ2v) is 10.8. The normalized spacial score (nSPS) is 14.5. The van der Waals surface area contributed by atoms with Gasteiger partial charge in [0.1, 0.15) is 11.8 Å². The van der Waals surface area contributed by atoms with Crippen LogP contribution in [0.3, 0.4) is 0 Å². The molecule has 2 amide bonds. The Kier molecular flexibility index (Phi) is 10.3. The summed E-state index contributed by atoms with van der Waals surface area (Å²) in [6.07, 6.45) is 5.60. The Hall–Kier alpha value is -2.73. The maximum Gasteiger partial charge on any atom is 0.261 e. The number of hydrogen-bond donors (Lipinski definition) is 1. The topological polar surface area (TPSA) is 58.6 Å². The van der Waals surface area contributed by atoms with Crippen molar-refractivity contribution < 1.29 is 14.3 Å². The number of benzene rings is 3. The minimum atomic E-state index is -0.762. The molecule has 8 heteroatoms. The van der Waals surface area contributed by atoms with Crippen LogP contribution in [-0.4, -0.2) is 35.4 Å². The van der Waals surface area contributed by atoms with Crippen molar-refractivity contribution in [2.24, 2.45) is 0 Å². The fourth-order valence-electron chi connectivity index (χ4n) is 4.72. The molecule has 200 valence electrons. The van der Waals surface area contributed by atoms with Crippen LogP contribution < -0.4 is 10.1 Å². The zero-order chi connectivity index (χ0) is 26.9. The van der Waals surface area contributed by atoms with Crippen molar-refractivity contribution in [1.82, 2.24) is 10.2 Å². The smallest absolute Gasteiger partial charge is 0.261 e. The molecule has 0 spiro atoms. The summed E-state index contributed by atoms with van der Waals surface area (Å²) in [7, 11) is 0. The quantitative estimate of drug-likeness (QED) is 0.281. The maximum atomic E-state index is 13.8. The second-order valence-electron chi connectivity index (χ2n) is 9.55. The third-order valence-electron chi connectivity index (χ3n) is 6.74. The van der Waals surface area contributed by atoms with Gasteiger partial charge >= 0.3 is 0 Å². The highest BCUT2D eigenvalue weighted by Gasteiger charge is 2.32. The summed E-state index contributed by atoms with van der Waals surface area (Å²) in [6.45, 7) is -0.128. The lowest BCUT2D eigenvalue weighted by Crippen LogP contribution is -2.53. The molecule has 1 fully saturated rings. The first-order valence-corrected chi connectivity index (χ1v) is 14.0. The number of nitrogens with one attached hydrogen (secondary N) is 1. The number of rotatable bonds is 10. The number of carbonyl (C=O) groups is 2. The van der Waals surface area contributed by atoms with Crippen LogP contribution in [0.4, 0.5) is 0 Å². The van der Waals surface area contributed by atoms with Gasteiger partial charge in [-0.1, -0.05) is 96.5 Å². The Bertz CT molecular complexity index is 1230. The minimum absolute atomic E-state index is 0.105. The number of nitrogens with zero attached hydrogens (tertiary/aromatic N) is 1. The van der Waals surface area contributed by atoms with Gasteiger partial charge in [0, 0.05) is 34.1 Å². The van der Waals surface area contributed by atoms with Crippen LogP contribution in [0.5, 0.6) is 5.75 Å². The van der Waals surface area contributed by atoms with Gasteiger partial charge in [0.05, 0.1) is 0 Å².